The highest BCUT2D eigenvalue weighted by atomic mass is 31.2. The summed E-state index contributed by atoms with van der Waals surface area (Å²) in [7, 11) is -4.77. The molecule has 0 aliphatic carbocycles. The Bertz CT molecular complexity index is 1540. The van der Waals surface area contributed by atoms with Crippen molar-refractivity contribution in [3.8, 4) is 0 Å². The molecule has 0 saturated carbocycles. The molecular formula is C58H97O11P. The maximum Gasteiger partial charge on any atom is 0.472 e. The number of phosphoric acid groups is 1. The van der Waals surface area contributed by atoms with E-state index in [1.165, 1.54) is 70.6 Å². The molecule has 0 saturated heterocycles. The second-order valence-electron chi connectivity index (χ2n) is 17.6. The quantitative estimate of drug-likeness (QED) is 0.0197. The summed E-state index contributed by atoms with van der Waals surface area (Å²) in [5, 5.41) is 9.77. The molecule has 0 aromatic carbocycles. The van der Waals surface area contributed by atoms with Crippen LogP contribution >= 0.6 is 7.82 Å². The Kier molecular flexibility index (Phi) is 49.1. The van der Waals surface area contributed by atoms with E-state index in [2.05, 4.69) is 99.8 Å². The third-order valence-corrected chi connectivity index (χ3v) is 12.0. The molecule has 0 aliphatic heterocycles. The third kappa shape index (κ3) is 49.4. The van der Waals surface area contributed by atoms with Gasteiger partial charge in [-0.05, 0) is 83.5 Å². The molecule has 0 aromatic rings. The Morgan fingerprint density at radius 2 is 0.771 bits per heavy atom. The summed E-state index contributed by atoms with van der Waals surface area (Å²) in [6.07, 6.45) is 59.7. The molecule has 0 aromatic heterocycles. The van der Waals surface area contributed by atoms with Crippen molar-refractivity contribution in [1.29, 1.82) is 0 Å². The number of rotatable bonds is 49. The van der Waals surface area contributed by atoms with E-state index in [-0.39, 0.29) is 25.9 Å². The van der Waals surface area contributed by atoms with Gasteiger partial charge < -0.3 is 24.2 Å². The van der Waals surface area contributed by atoms with Crippen molar-refractivity contribution in [3.05, 3.63) is 97.2 Å². The van der Waals surface area contributed by atoms with Crippen molar-refractivity contribution in [2.24, 2.45) is 0 Å². The Hall–Kier alpha value is -3.60. The van der Waals surface area contributed by atoms with Gasteiger partial charge in [-0.3, -0.25) is 23.4 Å². The van der Waals surface area contributed by atoms with Crippen LogP contribution in [-0.4, -0.2) is 66.5 Å². The fourth-order valence-electron chi connectivity index (χ4n) is 6.95. The smallest absolute Gasteiger partial charge is 0.462 e. The van der Waals surface area contributed by atoms with Gasteiger partial charge in [-0.15, -0.1) is 0 Å². The van der Waals surface area contributed by atoms with Crippen LogP contribution < -0.4 is 0 Å². The number of carbonyl (C=O) groups excluding carboxylic acids is 3. The van der Waals surface area contributed by atoms with E-state index in [9.17, 15) is 28.9 Å². The van der Waals surface area contributed by atoms with Crippen molar-refractivity contribution in [3.63, 3.8) is 0 Å². The number of allylic oxidation sites excluding steroid dienone is 16. The minimum atomic E-state index is -4.77. The predicted octanol–water partition coefficient (Wildman–Crippen LogP) is 15.7. The lowest BCUT2D eigenvalue weighted by Gasteiger charge is -2.21. The number of carbonyl (C=O) groups is 3. The molecule has 3 unspecified atom stereocenters. The van der Waals surface area contributed by atoms with Gasteiger partial charge >= 0.3 is 25.7 Å². The minimum Gasteiger partial charge on any atom is -0.462 e. The molecule has 2 N–H and O–H groups in total. The molecule has 0 rings (SSSR count). The lowest BCUT2D eigenvalue weighted by Crippen LogP contribution is -2.30. The van der Waals surface area contributed by atoms with Crippen LogP contribution in [-0.2, 0) is 42.2 Å². The third-order valence-electron chi connectivity index (χ3n) is 11.0. The van der Waals surface area contributed by atoms with E-state index in [1.807, 2.05) is 18.2 Å². The molecule has 400 valence electrons. The van der Waals surface area contributed by atoms with E-state index in [0.717, 1.165) is 83.5 Å². The Balaban J connectivity index is 4.86. The van der Waals surface area contributed by atoms with Gasteiger partial charge in [0.15, 0.2) is 6.10 Å². The van der Waals surface area contributed by atoms with Crippen molar-refractivity contribution in [1.82, 2.24) is 0 Å². The molecule has 0 spiro atoms. The van der Waals surface area contributed by atoms with Crippen molar-refractivity contribution < 1.29 is 52.2 Å². The van der Waals surface area contributed by atoms with Gasteiger partial charge in [0.25, 0.3) is 0 Å². The summed E-state index contributed by atoms with van der Waals surface area (Å²) in [5.41, 5.74) is 0. The zero-order chi connectivity index (χ0) is 51.3. The highest BCUT2D eigenvalue weighted by Crippen LogP contribution is 2.43. The first kappa shape index (κ1) is 66.4. The maximum absolute atomic E-state index is 12.9. The first-order valence-electron chi connectivity index (χ1n) is 27.1. The van der Waals surface area contributed by atoms with Crippen LogP contribution in [0.15, 0.2) is 97.2 Å². The lowest BCUT2D eigenvalue weighted by atomic mass is 10.0. The van der Waals surface area contributed by atoms with Crippen LogP contribution in [0, 0.1) is 0 Å². The van der Waals surface area contributed by atoms with Gasteiger partial charge in [-0.2, -0.15) is 0 Å². The van der Waals surface area contributed by atoms with Crippen molar-refractivity contribution in [2.75, 3.05) is 26.4 Å². The molecule has 11 nitrogen and oxygen atoms in total. The number of esters is 3. The van der Waals surface area contributed by atoms with Gasteiger partial charge in [0.1, 0.15) is 12.7 Å². The molecule has 70 heavy (non-hydrogen) atoms. The SMILES string of the molecule is CC/C=C\C/C=C\C/C=C\C/C=C\CCCCC(=O)OCC(COP(=O)(O)OCC(CO)OC(=O)CC/C=C\C/C=C\C/C=C\C/C=C\CC)OC(=O)CCCCCCCCCCCCCCCCC. The van der Waals surface area contributed by atoms with Crippen LogP contribution in [0.1, 0.15) is 213 Å². The lowest BCUT2D eigenvalue weighted by molar-refractivity contribution is -0.161. The highest BCUT2D eigenvalue weighted by Gasteiger charge is 2.28. The number of unbranched alkanes of at least 4 members (excludes halogenated alkanes) is 16. The number of phosphoric ester groups is 1. The average molecular weight is 1000 g/mol. The topological polar surface area (TPSA) is 155 Å². The van der Waals surface area contributed by atoms with Crippen LogP contribution in [0.3, 0.4) is 0 Å². The molecule has 0 radical (unpaired) electrons. The Morgan fingerprint density at radius 1 is 0.414 bits per heavy atom. The summed E-state index contributed by atoms with van der Waals surface area (Å²) in [6, 6.07) is 0. The monoisotopic (exact) mass is 1000 g/mol. The Labute approximate surface area is 425 Å². The predicted molar refractivity (Wildman–Crippen MR) is 288 cm³/mol. The summed E-state index contributed by atoms with van der Waals surface area (Å²) < 4.78 is 39.3. The molecule has 0 aliphatic rings. The summed E-state index contributed by atoms with van der Waals surface area (Å²) in [4.78, 5) is 48.4. The molecule has 12 heteroatoms. The number of hydrogen-bond acceptors (Lipinski definition) is 10. The molecule has 0 bridgehead atoms. The van der Waals surface area contributed by atoms with E-state index >= 15 is 0 Å². The van der Waals surface area contributed by atoms with Crippen LogP contribution in [0.25, 0.3) is 0 Å². The molecule has 0 amide bonds. The van der Waals surface area contributed by atoms with Crippen molar-refractivity contribution in [2.45, 2.75) is 226 Å². The normalized spacial score (nSPS) is 14.2. The van der Waals surface area contributed by atoms with Crippen LogP contribution in [0.2, 0.25) is 0 Å². The molecule has 3 atom stereocenters. The number of aliphatic hydroxyl groups is 1. The molecular weight excluding hydrogens is 904 g/mol. The second kappa shape index (κ2) is 51.7. The first-order valence-corrected chi connectivity index (χ1v) is 28.6. The second-order valence-corrected chi connectivity index (χ2v) is 19.1. The maximum atomic E-state index is 12.9. The van der Waals surface area contributed by atoms with E-state index in [4.69, 9.17) is 23.3 Å². The minimum absolute atomic E-state index is 0.0501. The first-order chi connectivity index (χ1) is 34.2. The van der Waals surface area contributed by atoms with Gasteiger partial charge in [0.2, 0.25) is 0 Å². The summed E-state index contributed by atoms with van der Waals surface area (Å²) in [5.74, 6) is -1.61. The highest BCUT2D eigenvalue weighted by molar-refractivity contribution is 7.47. The summed E-state index contributed by atoms with van der Waals surface area (Å²) in [6.45, 7) is 4.27. The summed E-state index contributed by atoms with van der Waals surface area (Å²) >= 11 is 0. The van der Waals surface area contributed by atoms with E-state index in [1.54, 1.807) is 0 Å². The van der Waals surface area contributed by atoms with Crippen molar-refractivity contribution >= 4 is 25.7 Å². The number of aliphatic hydroxyl groups excluding tert-OH is 1. The van der Waals surface area contributed by atoms with Crippen LogP contribution in [0.5, 0.6) is 0 Å². The van der Waals surface area contributed by atoms with E-state index in [0.29, 0.717) is 19.3 Å². The zero-order valence-electron chi connectivity index (χ0n) is 43.9. The molecule has 0 fully saturated rings. The van der Waals surface area contributed by atoms with Gasteiger partial charge in [-0.25, -0.2) is 4.57 Å². The fraction of sp³-hybridized carbons (Fsp3) is 0.672. The van der Waals surface area contributed by atoms with Gasteiger partial charge in [0, 0.05) is 19.3 Å². The average Bonchev–Trinajstić information content (AvgIpc) is 3.35. The van der Waals surface area contributed by atoms with Gasteiger partial charge in [-0.1, -0.05) is 208 Å². The fourth-order valence-corrected chi connectivity index (χ4v) is 7.73. The van der Waals surface area contributed by atoms with Gasteiger partial charge in [0.05, 0.1) is 19.8 Å². The standard InChI is InChI=1S/C58H97O11P/c1-4-7-10-13-16-19-22-25-27-30-32-35-38-41-44-47-56(60)65-51-55(69-58(62)49-46-43-40-37-34-31-28-26-23-20-17-14-11-8-5-2)53-67-70(63,64)66-52-54(50-59)68-57(61)48-45-42-39-36-33-29-24-21-18-15-12-9-6-3/h7,9-10,12,16,18-19,21,25,27,29,32-33,35,39,42,54-55,59H,4-6,8,11,13-15,17,20,22-24,26,28,30-31,34,36-38,40-41,43-53H2,1-3H3,(H,63,64)/b10-7-,12-9-,19-16-,21-18-,27-25-,33-29-,35-32-,42-39-. The Morgan fingerprint density at radius 3 is 1.23 bits per heavy atom. The largest absolute Gasteiger partial charge is 0.472 e. The van der Waals surface area contributed by atoms with Crippen LogP contribution in [0.4, 0.5) is 0 Å². The number of hydrogen-bond donors (Lipinski definition) is 2. The van der Waals surface area contributed by atoms with E-state index < -0.39 is 57.8 Å². The molecule has 0 heterocycles. The number of ether oxygens (including phenoxy) is 3. The zero-order valence-corrected chi connectivity index (χ0v) is 44.8.